The van der Waals surface area contributed by atoms with Crippen LogP contribution < -0.4 is 4.74 Å². The second kappa shape index (κ2) is 4.22. The minimum absolute atomic E-state index is 0.269. The maximum Gasteiger partial charge on any atom is 0.124 e. The van der Waals surface area contributed by atoms with E-state index in [2.05, 4.69) is 29.2 Å². The number of fused-ring (bicyclic) bond motifs is 5. The predicted molar refractivity (Wildman–Crippen MR) is 73.3 cm³/mol. The van der Waals surface area contributed by atoms with Crippen molar-refractivity contribution in [3.8, 4) is 5.75 Å². The van der Waals surface area contributed by atoms with E-state index >= 15 is 0 Å². The van der Waals surface area contributed by atoms with Crippen molar-refractivity contribution in [3.05, 3.63) is 29.8 Å². The van der Waals surface area contributed by atoms with Gasteiger partial charge in [-0.1, -0.05) is 18.2 Å². The van der Waals surface area contributed by atoms with Crippen molar-refractivity contribution in [3.63, 3.8) is 0 Å². The first kappa shape index (κ1) is 11.7. The summed E-state index contributed by atoms with van der Waals surface area (Å²) >= 11 is 0. The Morgan fingerprint density at radius 1 is 1.42 bits per heavy atom. The van der Waals surface area contributed by atoms with Crippen molar-refractivity contribution in [1.29, 1.82) is 0 Å². The number of ether oxygens (including phenoxy) is 2. The fourth-order valence-electron chi connectivity index (χ4n) is 4.57. The first-order valence-electron chi connectivity index (χ1n) is 7.31. The van der Waals surface area contributed by atoms with Crippen LogP contribution in [0.4, 0.5) is 0 Å². The first-order valence-corrected chi connectivity index (χ1v) is 7.31. The summed E-state index contributed by atoms with van der Waals surface area (Å²) in [5, 5.41) is 0. The lowest BCUT2D eigenvalue weighted by Crippen LogP contribution is -2.43. The number of hydrogen-bond acceptors (Lipinski definition) is 3. The molecule has 0 aromatic heterocycles. The van der Waals surface area contributed by atoms with Crippen LogP contribution in [0, 0.1) is 5.92 Å². The van der Waals surface area contributed by atoms with Crippen LogP contribution in [0.1, 0.15) is 30.9 Å². The Morgan fingerprint density at radius 2 is 2.32 bits per heavy atom. The molecular weight excluding hydrogens is 238 g/mol. The van der Waals surface area contributed by atoms with Crippen molar-refractivity contribution in [1.82, 2.24) is 4.90 Å². The summed E-state index contributed by atoms with van der Waals surface area (Å²) in [6.07, 6.45) is 3.80. The fourth-order valence-corrected chi connectivity index (χ4v) is 4.57. The van der Waals surface area contributed by atoms with E-state index in [1.54, 1.807) is 0 Å². The Bertz CT molecular complexity index is 489. The molecule has 3 atom stereocenters. The first-order chi connectivity index (χ1) is 9.34. The molecular formula is C16H21NO2. The van der Waals surface area contributed by atoms with Gasteiger partial charge in [0.15, 0.2) is 0 Å². The zero-order valence-electron chi connectivity index (χ0n) is 11.5. The highest BCUT2D eigenvalue weighted by atomic mass is 16.5. The van der Waals surface area contributed by atoms with E-state index in [-0.39, 0.29) is 5.54 Å². The molecule has 4 rings (SSSR count). The van der Waals surface area contributed by atoms with Gasteiger partial charge in [0, 0.05) is 30.2 Å². The Morgan fingerprint density at radius 3 is 3.21 bits per heavy atom. The van der Waals surface area contributed by atoms with Gasteiger partial charge < -0.3 is 9.47 Å². The van der Waals surface area contributed by atoms with Gasteiger partial charge in [-0.05, 0) is 31.9 Å². The van der Waals surface area contributed by atoms with E-state index in [9.17, 15) is 0 Å². The molecule has 1 aromatic carbocycles. The van der Waals surface area contributed by atoms with Gasteiger partial charge in [-0.3, -0.25) is 4.90 Å². The highest BCUT2D eigenvalue weighted by molar-refractivity contribution is 5.40. The van der Waals surface area contributed by atoms with Crippen molar-refractivity contribution >= 4 is 0 Å². The maximum absolute atomic E-state index is 5.96. The minimum Gasteiger partial charge on any atom is -0.493 e. The Balaban J connectivity index is 1.75. The third-order valence-corrected chi connectivity index (χ3v) is 5.18. The molecule has 2 saturated heterocycles. The number of nitrogens with zero attached hydrogens (tertiary/aromatic N) is 1. The van der Waals surface area contributed by atoms with Crippen LogP contribution in [0.5, 0.6) is 5.75 Å². The molecule has 1 aromatic rings. The van der Waals surface area contributed by atoms with Gasteiger partial charge in [0.05, 0.1) is 13.2 Å². The molecule has 0 radical (unpaired) electrons. The summed E-state index contributed by atoms with van der Waals surface area (Å²) in [6.45, 7) is 2.94. The van der Waals surface area contributed by atoms with Gasteiger partial charge in [0.25, 0.3) is 0 Å². The van der Waals surface area contributed by atoms with Crippen LogP contribution in [0.25, 0.3) is 0 Å². The molecule has 3 aliphatic rings. The van der Waals surface area contributed by atoms with Crippen molar-refractivity contribution in [2.75, 3.05) is 26.9 Å². The predicted octanol–water partition coefficient (Wildman–Crippen LogP) is 2.62. The van der Waals surface area contributed by atoms with Crippen molar-refractivity contribution < 1.29 is 9.47 Å². The van der Waals surface area contributed by atoms with Gasteiger partial charge in [0.1, 0.15) is 5.75 Å². The zero-order chi connectivity index (χ0) is 12.9. The lowest BCUT2D eigenvalue weighted by Gasteiger charge is -2.36. The van der Waals surface area contributed by atoms with Gasteiger partial charge in [-0.25, -0.2) is 0 Å². The van der Waals surface area contributed by atoms with Crippen LogP contribution in [-0.2, 0) is 4.74 Å². The monoisotopic (exact) mass is 259 g/mol. The minimum atomic E-state index is 0.269. The third-order valence-electron chi connectivity index (χ3n) is 5.18. The topological polar surface area (TPSA) is 21.7 Å². The molecule has 3 aliphatic heterocycles. The highest BCUT2D eigenvalue weighted by Gasteiger charge is 2.55. The van der Waals surface area contributed by atoms with Gasteiger partial charge in [-0.2, -0.15) is 0 Å². The molecule has 3 heterocycles. The number of para-hydroxylation sites is 1. The molecule has 3 unspecified atom stereocenters. The molecule has 0 amide bonds. The van der Waals surface area contributed by atoms with Gasteiger partial charge in [0.2, 0.25) is 0 Å². The summed E-state index contributed by atoms with van der Waals surface area (Å²) in [5.41, 5.74) is 1.66. The van der Waals surface area contributed by atoms with Crippen LogP contribution in [0.15, 0.2) is 24.3 Å². The second-order valence-corrected chi connectivity index (χ2v) is 6.21. The average molecular weight is 259 g/mol. The van der Waals surface area contributed by atoms with E-state index in [1.807, 2.05) is 7.11 Å². The summed E-state index contributed by atoms with van der Waals surface area (Å²) in [5.74, 6) is 1.72. The summed E-state index contributed by atoms with van der Waals surface area (Å²) in [4.78, 5) is 2.71. The molecule has 0 aliphatic carbocycles. The lowest BCUT2D eigenvalue weighted by atomic mass is 9.86. The quantitative estimate of drug-likeness (QED) is 0.815. The Hall–Kier alpha value is -1.06. The highest BCUT2D eigenvalue weighted by Crippen LogP contribution is 2.55. The van der Waals surface area contributed by atoms with Gasteiger partial charge in [-0.15, -0.1) is 0 Å². The molecule has 0 bridgehead atoms. The Labute approximate surface area is 114 Å². The standard InChI is InChI=1S/C16H21NO2/c1-18-11-16-7-4-8-17(16)15-12(9-16)10-19-14-6-3-2-5-13(14)15/h2-3,5-6,12,15H,4,7-11H2,1H3. The van der Waals surface area contributed by atoms with E-state index in [0.717, 1.165) is 19.0 Å². The largest absolute Gasteiger partial charge is 0.493 e. The van der Waals surface area contributed by atoms with Crippen LogP contribution in [0.3, 0.4) is 0 Å². The molecule has 19 heavy (non-hydrogen) atoms. The second-order valence-electron chi connectivity index (χ2n) is 6.21. The number of rotatable bonds is 2. The van der Waals surface area contributed by atoms with Crippen molar-refractivity contribution in [2.24, 2.45) is 5.92 Å². The summed E-state index contributed by atoms with van der Waals surface area (Å²) in [6, 6.07) is 9.10. The molecule has 0 spiro atoms. The lowest BCUT2D eigenvalue weighted by molar-refractivity contribution is 0.0471. The average Bonchev–Trinajstić information content (AvgIpc) is 2.94. The molecule has 3 heteroatoms. The SMILES string of the molecule is COCC12CCCN1C1c3ccccc3OCC1C2. The zero-order valence-corrected chi connectivity index (χ0v) is 11.5. The van der Waals surface area contributed by atoms with Crippen molar-refractivity contribution in [2.45, 2.75) is 30.8 Å². The molecule has 0 saturated carbocycles. The summed E-state index contributed by atoms with van der Waals surface area (Å²) < 4.78 is 11.5. The van der Waals surface area contributed by atoms with Crippen LogP contribution in [0.2, 0.25) is 0 Å². The number of benzene rings is 1. The van der Waals surface area contributed by atoms with Crippen LogP contribution in [-0.4, -0.2) is 37.3 Å². The summed E-state index contributed by atoms with van der Waals surface area (Å²) in [7, 11) is 1.83. The molecule has 3 nitrogen and oxygen atoms in total. The van der Waals surface area contributed by atoms with Crippen LogP contribution >= 0.6 is 0 Å². The van der Waals surface area contributed by atoms with Gasteiger partial charge >= 0.3 is 0 Å². The fraction of sp³-hybridized carbons (Fsp3) is 0.625. The third kappa shape index (κ3) is 1.58. The van der Waals surface area contributed by atoms with E-state index in [0.29, 0.717) is 12.0 Å². The normalized spacial score (nSPS) is 36.5. The van der Waals surface area contributed by atoms with E-state index in [4.69, 9.17) is 9.47 Å². The molecule has 2 fully saturated rings. The maximum atomic E-state index is 5.96. The van der Waals surface area contributed by atoms with E-state index < -0.39 is 0 Å². The molecule has 0 N–H and O–H groups in total. The molecule has 102 valence electrons. The smallest absolute Gasteiger partial charge is 0.124 e. The number of hydrogen-bond donors (Lipinski definition) is 0. The number of methoxy groups -OCH3 is 1. The Kier molecular flexibility index (Phi) is 2.61. The van der Waals surface area contributed by atoms with E-state index in [1.165, 1.54) is 31.4 Å².